The maximum Gasteiger partial charge on any atom is 0.257 e. The summed E-state index contributed by atoms with van der Waals surface area (Å²) in [5.74, 6) is -2.42. The van der Waals surface area contributed by atoms with E-state index < -0.39 is 28.0 Å². The maximum absolute atomic E-state index is 13.1. The van der Waals surface area contributed by atoms with Gasteiger partial charge in [0.2, 0.25) is 5.91 Å². The molecule has 0 saturated heterocycles. The Bertz CT molecular complexity index is 1410. The Morgan fingerprint density at radius 2 is 1.51 bits per heavy atom. The summed E-state index contributed by atoms with van der Waals surface area (Å²) in [6.45, 7) is -0.0481. The standard InChI is InChI=1S/C27H22Cl5N3O4/c1-35(22(36)13-39-2)19-6-3-17(4-7-19)33-25(37)20-12-18(5-8-21(20)30)34-26(38)24-23(27(24,31)32)14-9-15(28)11-16(29)10-14/h3-12,23-24H,13H2,1-2H3,(H,33,37)(H,34,38)/t23-,24+/m1/s1. The van der Waals surface area contributed by atoms with E-state index in [0.717, 1.165) is 0 Å². The molecule has 1 saturated carbocycles. The van der Waals surface area contributed by atoms with E-state index in [-0.39, 0.29) is 23.1 Å². The van der Waals surface area contributed by atoms with Crippen LogP contribution in [0.4, 0.5) is 17.1 Å². The quantitative estimate of drug-likeness (QED) is 0.262. The highest BCUT2D eigenvalue weighted by molar-refractivity contribution is 6.53. The molecule has 0 heterocycles. The Kier molecular flexibility index (Phi) is 9.01. The van der Waals surface area contributed by atoms with Gasteiger partial charge in [0.1, 0.15) is 10.9 Å². The summed E-state index contributed by atoms with van der Waals surface area (Å²) >= 11 is 31.4. The van der Waals surface area contributed by atoms with Crippen LogP contribution in [0, 0.1) is 5.92 Å². The first-order chi connectivity index (χ1) is 18.4. The van der Waals surface area contributed by atoms with Gasteiger partial charge < -0.3 is 20.3 Å². The normalized spacial score (nSPS) is 17.3. The molecule has 39 heavy (non-hydrogen) atoms. The molecule has 1 aliphatic rings. The fraction of sp³-hybridized carbons (Fsp3) is 0.222. The zero-order valence-electron chi connectivity index (χ0n) is 20.6. The lowest BCUT2D eigenvalue weighted by atomic mass is 10.1. The molecule has 0 radical (unpaired) electrons. The molecule has 3 aromatic carbocycles. The summed E-state index contributed by atoms with van der Waals surface area (Å²) in [5.41, 5.74) is 2.24. The van der Waals surface area contributed by atoms with Gasteiger partial charge in [-0.2, -0.15) is 0 Å². The highest BCUT2D eigenvalue weighted by Gasteiger charge is 2.67. The first-order valence-corrected chi connectivity index (χ1v) is 13.4. The molecule has 2 atom stereocenters. The highest BCUT2D eigenvalue weighted by atomic mass is 35.5. The van der Waals surface area contributed by atoms with Gasteiger partial charge in [0, 0.05) is 47.2 Å². The fourth-order valence-corrected chi connectivity index (χ4v) is 5.72. The topological polar surface area (TPSA) is 87.7 Å². The summed E-state index contributed by atoms with van der Waals surface area (Å²) < 4.78 is 3.52. The number of ether oxygens (including phenoxy) is 1. The molecule has 3 aromatic rings. The summed E-state index contributed by atoms with van der Waals surface area (Å²) in [5, 5.41) is 6.51. The SMILES string of the molecule is COCC(=O)N(C)c1ccc(NC(=O)c2cc(NC(=O)[C@@H]3[C@@H](c4cc(Cl)cc(Cl)c4)C3(Cl)Cl)ccc2Cl)cc1. The Labute approximate surface area is 250 Å². The van der Waals surface area contributed by atoms with Crippen LogP contribution in [-0.4, -0.2) is 42.8 Å². The lowest BCUT2D eigenvalue weighted by Crippen LogP contribution is -2.29. The summed E-state index contributed by atoms with van der Waals surface area (Å²) in [6.07, 6.45) is 0. The van der Waals surface area contributed by atoms with E-state index in [2.05, 4.69) is 10.6 Å². The highest BCUT2D eigenvalue weighted by Crippen LogP contribution is 2.65. The van der Waals surface area contributed by atoms with Crippen LogP contribution >= 0.6 is 58.0 Å². The van der Waals surface area contributed by atoms with Crippen molar-refractivity contribution in [3.8, 4) is 0 Å². The molecule has 4 rings (SSSR count). The molecule has 7 nitrogen and oxygen atoms in total. The largest absolute Gasteiger partial charge is 0.375 e. The molecular formula is C27H22Cl5N3O4. The fourth-order valence-electron chi connectivity index (χ4n) is 4.15. The summed E-state index contributed by atoms with van der Waals surface area (Å²) in [4.78, 5) is 39.5. The smallest absolute Gasteiger partial charge is 0.257 e. The number of hydrogen-bond acceptors (Lipinski definition) is 4. The van der Waals surface area contributed by atoms with E-state index in [1.165, 1.54) is 24.1 Å². The van der Waals surface area contributed by atoms with Crippen molar-refractivity contribution < 1.29 is 19.1 Å². The van der Waals surface area contributed by atoms with Crippen LogP contribution in [0.5, 0.6) is 0 Å². The molecule has 0 aliphatic heterocycles. The average Bonchev–Trinajstić information content (AvgIpc) is 3.46. The van der Waals surface area contributed by atoms with Gasteiger partial charge in [0.25, 0.3) is 11.8 Å². The number of hydrogen-bond donors (Lipinski definition) is 2. The molecule has 1 aliphatic carbocycles. The number of anilines is 3. The summed E-state index contributed by atoms with van der Waals surface area (Å²) in [6, 6.07) is 16.1. The van der Waals surface area contributed by atoms with Crippen LogP contribution in [0.3, 0.4) is 0 Å². The van der Waals surface area contributed by atoms with Crippen molar-refractivity contribution in [2.45, 2.75) is 10.3 Å². The average molecular weight is 630 g/mol. The molecule has 0 spiro atoms. The number of alkyl halides is 2. The van der Waals surface area contributed by atoms with Gasteiger partial charge in [0.05, 0.1) is 16.5 Å². The zero-order chi connectivity index (χ0) is 28.5. The minimum absolute atomic E-state index is 0.0481. The number of rotatable bonds is 8. The molecule has 0 unspecified atom stereocenters. The third-order valence-electron chi connectivity index (χ3n) is 6.21. The molecule has 0 aromatic heterocycles. The number of halogens is 5. The van der Waals surface area contributed by atoms with Gasteiger partial charge in [-0.1, -0.05) is 34.8 Å². The van der Waals surface area contributed by atoms with Crippen molar-refractivity contribution in [1.29, 1.82) is 0 Å². The van der Waals surface area contributed by atoms with E-state index >= 15 is 0 Å². The van der Waals surface area contributed by atoms with Gasteiger partial charge >= 0.3 is 0 Å². The minimum atomic E-state index is -1.35. The molecular weight excluding hydrogens is 608 g/mol. The number of nitrogens with zero attached hydrogens (tertiary/aromatic N) is 1. The minimum Gasteiger partial charge on any atom is -0.375 e. The van der Waals surface area contributed by atoms with Gasteiger partial charge in [-0.3, -0.25) is 14.4 Å². The second kappa shape index (κ2) is 11.9. The first-order valence-electron chi connectivity index (χ1n) is 11.5. The van der Waals surface area contributed by atoms with Crippen molar-refractivity contribution in [1.82, 2.24) is 0 Å². The Morgan fingerprint density at radius 3 is 2.13 bits per heavy atom. The van der Waals surface area contributed by atoms with E-state index in [1.54, 1.807) is 55.6 Å². The number of carbonyl (C=O) groups is 3. The second-order valence-electron chi connectivity index (χ2n) is 8.90. The molecule has 204 valence electrons. The number of amides is 3. The Hall–Kier alpha value is -2.52. The van der Waals surface area contributed by atoms with Gasteiger partial charge in [0.15, 0.2) is 0 Å². The number of benzene rings is 3. The van der Waals surface area contributed by atoms with Crippen molar-refractivity contribution in [2.24, 2.45) is 5.92 Å². The maximum atomic E-state index is 13.1. The first kappa shape index (κ1) is 29.5. The van der Waals surface area contributed by atoms with Crippen LogP contribution in [0.25, 0.3) is 0 Å². The monoisotopic (exact) mass is 627 g/mol. The Morgan fingerprint density at radius 1 is 0.897 bits per heavy atom. The van der Waals surface area contributed by atoms with Gasteiger partial charge in [-0.15, -0.1) is 23.2 Å². The van der Waals surface area contributed by atoms with E-state index in [9.17, 15) is 14.4 Å². The van der Waals surface area contributed by atoms with Crippen molar-refractivity contribution in [2.75, 3.05) is 36.3 Å². The molecule has 0 bridgehead atoms. The molecule has 1 fully saturated rings. The number of methoxy groups -OCH3 is 1. The number of likely N-dealkylation sites (N-methyl/N-ethyl adjacent to an activating group) is 1. The summed E-state index contributed by atoms with van der Waals surface area (Å²) in [7, 11) is 3.07. The third-order valence-corrected chi connectivity index (χ3v) is 7.92. The Balaban J connectivity index is 1.45. The zero-order valence-corrected chi connectivity index (χ0v) is 24.4. The number of nitrogens with one attached hydrogen (secondary N) is 2. The number of carbonyl (C=O) groups excluding carboxylic acids is 3. The van der Waals surface area contributed by atoms with Crippen molar-refractivity contribution in [3.05, 3.63) is 86.9 Å². The lowest BCUT2D eigenvalue weighted by molar-refractivity contribution is -0.122. The van der Waals surface area contributed by atoms with Crippen LogP contribution in [0.15, 0.2) is 60.7 Å². The molecule has 3 amide bonds. The van der Waals surface area contributed by atoms with E-state index in [4.69, 9.17) is 62.7 Å². The van der Waals surface area contributed by atoms with E-state index in [0.29, 0.717) is 32.7 Å². The van der Waals surface area contributed by atoms with E-state index in [1.807, 2.05) is 0 Å². The van der Waals surface area contributed by atoms with Gasteiger partial charge in [-0.25, -0.2) is 0 Å². The van der Waals surface area contributed by atoms with Crippen LogP contribution in [0.1, 0.15) is 21.8 Å². The second-order valence-corrected chi connectivity index (χ2v) is 11.6. The lowest BCUT2D eigenvalue weighted by Gasteiger charge is -2.17. The predicted octanol–water partition coefficient (Wildman–Crippen LogP) is 7.03. The predicted molar refractivity (Wildman–Crippen MR) is 157 cm³/mol. The molecule has 2 N–H and O–H groups in total. The van der Waals surface area contributed by atoms with Crippen molar-refractivity contribution in [3.63, 3.8) is 0 Å². The van der Waals surface area contributed by atoms with Gasteiger partial charge in [-0.05, 0) is 66.2 Å². The van der Waals surface area contributed by atoms with Crippen LogP contribution in [-0.2, 0) is 14.3 Å². The van der Waals surface area contributed by atoms with Crippen molar-refractivity contribution >= 4 is 92.8 Å². The van der Waals surface area contributed by atoms with Crippen LogP contribution in [0.2, 0.25) is 15.1 Å². The molecule has 12 heteroatoms. The third kappa shape index (κ3) is 6.62. The van der Waals surface area contributed by atoms with Crippen LogP contribution < -0.4 is 15.5 Å².